The summed E-state index contributed by atoms with van der Waals surface area (Å²) in [4.78, 5) is 15.9. The second-order valence-electron chi connectivity index (χ2n) is 5.47. The number of hydrogen-bond acceptors (Lipinski definition) is 8. The third-order valence-electron chi connectivity index (χ3n) is 3.64. The van der Waals surface area contributed by atoms with E-state index < -0.39 is 4.92 Å². The van der Waals surface area contributed by atoms with Gasteiger partial charge in [-0.15, -0.1) is 10.2 Å². The Morgan fingerprint density at radius 3 is 2.41 bits per heavy atom. The Labute approximate surface area is 160 Å². The summed E-state index contributed by atoms with van der Waals surface area (Å²) in [6, 6.07) is 13.4. The van der Waals surface area contributed by atoms with Gasteiger partial charge in [0.15, 0.2) is 0 Å². The predicted molar refractivity (Wildman–Crippen MR) is 96.4 cm³/mol. The summed E-state index contributed by atoms with van der Waals surface area (Å²) < 4.78 is 6.16. The van der Waals surface area contributed by atoms with Gasteiger partial charge in [-0.2, -0.15) is 9.78 Å². The van der Waals surface area contributed by atoms with Crippen LogP contribution >= 0.6 is 15.9 Å². The second-order valence-corrected chi connectivity index (χ2v) is 6.38. The molecule has 0 radical (unpaired) electrons. The monoisotopic (exact) mass is 427 g/mol. The Hall–Kier alpha value is -3.47. The van der Waals surface area contributed by atoms with Crippen LogP contribution in [0, 0.1) is 10.1 Å². The Morgan fingerprint density at radius 1 is 1.04 bits per heavy atom. The SMILES string of the molecule is O=[N+]([O-])c1ccc(-c2noc(Cn3nnc(-c4ccc(Br)cc4)n3)n2)cc1. The Bertz CT molecular complexity index is 1090. The first kappa shape index (κ1) is 17.0. The molecule has 0 unspecified atom stereocenters. The fraction of sp³-hybridized carbons (Fsp3) is 0.0625. The van der Waals surface area contributed by atoms with E-state index in [0.29, 0.717) is 23.1 Å². The average Bonchev–Trinajstić information content (AvgIpc) is 3.33. The molecule has 0 amide bonds. The van der Waals surface area contributed by atoms with Crippen LogP contribution in [0.5, 0.6) is 0 Å². The van der Waals surface area contributed by atoms with Crippen molar-refractivity contribution in [2.75, 3.05) is 0 Å². The molecule has 0 saturated heterocycles. The van der Waals surface area contributed by atoms with Gasteiger partial charge in [-0.3, -0.25) is 10.1 Å². The predicted octanol–water partition coefficient (Wildman–Crippen LogP) is 3.11. The van der Waals surface area contributed by atoms with Crippen molar-refractivity contribution in [3.05, 3.63) is 69.0 Å². The minimum Gasteiger partial charge on any atom is -0.337 e. The van der Waals surface area contributed by atoms with Gasteiger partial charge in [0.25, 0.3) is 11.6 Å². The zero-order valence-corrected chi connectivity index (χ0v) is 15.1. The van der Waals surface area contributed by atoms with Crippen molar-refractivity contribution in [2.45, 2.75) is 6.54 Å². The minimum atomic E-state index is -0.467. The van der Waals surface area contributed by atoms with E-state index in [-0.39, 0.29) is 12.2 Å². The van der Waals surface area contributed by atoms with Crippen molar-refractivity contribution in [1.29, 1.82) is 0 Å². The normalized spacial score (nSPS) is 10.9. The first-order chi connectivity index (χ1) is 13.1. The van der Waals surface area contributed by atoms with Crippen LogP contribution in [-0.2, 0) is 6.54 Å². The third-order valence-corrected chi connectivity index (χ3v) is 4.17. The van der Waals surface area contributed by atoms with Crippen LogP contribution in [-0.4, -0.2) is 35.3 Å². The number of benzene rings is 2. The maximum absolute atomic E-state index is 10.7. The number of tetrazole rings is 1. The first-order valence-electron chi connectivity index (χ1n) is 7.69. The molecule has 0 aliphatic rings. The third kappa shape index (κ3) is 3.72. The molecular formula is C16H10BrN7O3. The number of hydrogen-bond donors (Lipinski definition) is 0. The molecule has 0 bridgehead atoms. The van der Waals surface area contributed by atoms with Crippen LogP contribution in [0.3, 0.4) is 0 Å². The summed E-state index contributed by atoms with van der Waals surface area (Å²) in [6.45, 7) is 0.156. The molecule has 2 heterocycles. The molecule has 27 heavy (non-hydrogen) atoms. The number of nitrogens with zero attached hydrogens (tertiary/aromatic N) is 7. The topological polar surface area (TPSA) is 126 Å². The van der Waals surface area contributed by atoms with E-state index in [1.54, 1.807) is 12.1 Å². The number of rotatable bonds is 5. The van der Waals surface area contributed by atoms with Gasteiger partial charge in [0, 0.05) is 27.7 Å². The first-order valence-corrected chi connectivity index (χ1v) is 8.49. The lowest BCUT2D eigenvalue weighted by Gasteiger charge is -1.95. The molecule has 0 aliphatic heterocycles. The number of aromatic nitrogens is 6. The Morgan fingerprint density at radius 2 is 1.70 bits per heavy atom. The Kier molecular flexibility index (Phi) is 4.42. The number of nitro groups is 1. The summed E-state index contributed by atoms with van der Waals surface area (Å²) in [5.41, 5.74) is 1.44. The highest BCUT2D eigenvalue weighted by Gasteiger charge is 2.13. The molecule has 134 valence electrons. The molecule has 4 rings (SSSR count). The summed E-state index contributed by atoms with van der Waals surface area (Å²) in [7, 11) is 0. The van der Waals surface area contributed by atoms with E-state index in [2.05, 4.69) is 41.5 Å². The maximum Gasteiger partial charge on any atom is 0.269 e. The van der Waals surface area contributed by atoms with Crippen molar-refractivity contribution in [2.24, 2.45) is 0 Å². The molecule has 0 aliphatic carbocycles. The molecule has 10 nitrogen and oxygen atoms in total. The molecule has 4 aromatic rings. The van der Waals surface area contributed by atoms with Crippen molar-refractivity contribution in [3.8, 4) is 22.8 Å². The van der Waals surface area contributed by atoms with Crippen LogP contribution in [0.2, 0.25) is 0 Å². The van der Waals surface area contributed by atoms with Crippen molar-refractivity contribution < 1.29 is 9.45 Å². The fourth-order valence-corrected chi connectivity index (χ4v) is 2.58. The highest BCUT2D eigenvalue weighted by atomic mass is 79.9. The highest BCUT2D eigenvalue weighted by Crippen LogP contribution is 2.20. The standard InChI is InChI=1S/C16H10BrN7O3/c17-12-5-1-11(2-6-12)16-19-22-23(20-16)9-14-18-15(21-27-14)10-3-7-13(8-4-10)24(25)26/h1-8H,9H2. The van der Waals surface area contributed by atoms with E-state index >= 15 is 0 Å². The van der Waals surface area contributed by atoms with Crippen molar-refractivity contribution >= 4 is 21.6 Å². The van der Waals surface area contributed by atoms with Crippen LogP contribution in [0.4, 0.5) is 5.69 Å². The lowest BCUT2D eigenvalue weighted by atomic mass is 10.2. The zero-order chi connectivity index (χ0) is 18.8. The quantitative estimate of drug-likeness (QED) is 0.351. The molecule has 0 fully saturated rings. The van der Waals surface area contributed by atoms with Gasteiger partial charge in [-0.05, 0) is 41.6 Å². The van der Waals surface area contributed by atoms with Crippen LogP contribution in [0.25, 0.3) is 22.8 Å². The smallest absolute Gasteiger partial charge is 0.269 e. The lowest BCUT2D eigenvalue weighted by molar-refractivity contribution is -0.384. The molecular weight excluding hydrogens is 418 g/mol. The van der Waals surface area contributed by atoms with E-state index in [1.165, 1.54) is 16.9 Å². The van der Waals surface area contributed by atoms with Crippen LogP contribution < -0.4 is 0 Å². The zero-order valence-electron chi connectivity index (χ0n) is 13.6. The molecule has 0 spiro atoms. The van der Waals surface area contributed by atoms with Gasteiger partial charge in [0.1, 0.15) is 6.54 Å². The van der Waals surface area contributed by atoms with Gasteiger partial charge in [0.2, 0.25) is 11.6 Å². The lowest BCUT2D eigenvalue weighted by Crippen LogP contribution is -2.04. The summed E-state index contributed by atoms with van der Waals surface area (Å²) in [5, 5.41) is 26.9. The van der Waals surface area contributed by atoms with Crippen LogP contribution in [0.15, 0.2) is 57.5 Å². The van der Waals surface area contributed by atoms with Gasteiger partial charge >= 0.3 is 0 Å². The molecule has 0 N–H and O–H groups in total. The van der Waals surface area contributed by atoms with E-state index in [9.17, 15) is 10.1 Å². The maximum atomic E-state index is 10.7. The van der Waals surface area contributed by atoms with E-state index in [1.807, 2.05) is 24.3 Å². The van der Waals surface area contributed by atoms with Gasteiger partial charge < -0.3 is 4.52 Å². The molecule has 2 aromatic heterocycles. The largest absolute Gasteiger partial charge is 0.337 e. The van der Waals surface area contributed by atoms with Crippen LogP contribution in [0.1, 0.15) is 5.89 Å². The number of halogens is 1. The number of non-ortho nitro benzene ring substituents is 1. The summed E-state index contributed by atoms with van der Waals surface area (Å²) in [5.74, 6) is 1.11. The summed E-state index contributed by atoms with van der Waals surface area (Å²) >= 11 is 3.38. The van der Waals surface area contributed by atoms with Gasteiger partial charge in [-0.1, -0.05) is 21.1 Å². The van der Waals surface area contributed by atoms with E-state index in [0.717, 1.165) is 10.0 Å². The number of nitro benzene ring substituents is 1. The fourth-order valence-electron chi connectivity index (χ4n) is 2.31. The molecule has 0 atom stereocenters. The average molecular weight is 428 g/mol. The highest BCUT2D eigenvalue weighted by molar-refractivity contribution is 9.10. The second kappa shape index (κ2) is 7.03. The molecule has 0 saturated carbocycles. The van der Waals surface area contributed by atoms with E-state index in [4.69, 9.17) is 4.52 Å². The minimum absolute atomic E-state index is 0.00486. The Balaban J connectivity index is 1.49. The molecule has 2 aromatic carbocycles. The van der Waals surface area contributed by atoms with Gasteiger partial charge in [-0.25, -0.2) is 0 Å². The molecule has 11 heteroatoms. The van der Waals surface area contributed by atoms with Crippen molar-refractivity contribution in [3.63, 3.8) is 0 Å². The van der Waals surface area contributed by atoms with Gasteiger partial charge in [0.05, 0.1) is 4.92 Å². The summed E-state index contributed by atoms with van der Waals surface area (Å²) in [6.07, 6.45) is 0. The van der Waals surface area contributed by atoms with Crippen molar-refractivity contribution in [1.82, 2.24) is 30.3 Å².